The quantitative estimate of drug-likeness (QED) is 0.613. The van der Waals surface area contributed by atoms with Gasteiger partial charge in [0.2, 0.25) is 0 Å². The molecule has 0 fully saturated rings. The molecule has 0 saturated heterocycles. The molecule has 5 heteroatoms. The normalized spacial score (nSPS) is 21.8. The van der Waals surface area contributed by atoms with E-state index in [1.165, 1.54) is 0 Å². The maximum absolute atomic E-state index is 4.59. The summed E-state index contributed by atoms with van der Waals surface area (Å²) in [6.45, 7) is 0. The Balaban J connectivity index is 0.00000157. The van der Waals surface area contributed by atoms with E-state index in [0.717, 1.165) is 45.6 Å². The summed E-state index contributed by atoms with van der Waals surface area (Å²) in [6.07, 6.45) is 23.8. The van der Waals surface area contributed by atoms with E-state index in [4.69, 9.17) is 0 Å². The van der Waals surface area contributed by atoms with E-state index in [-0.39, 0.29) is 29.6 Å². The number of allylic oxidation sites excluding steroid dienone is 12. The first-order valence-electron chi connectivity index (χ1n) is 7.74. The van der Waals surface area contributed by atoms with Gasteiger partial charge < -0.3 is 0 Å². The molecule has 0 aliphatic carbocycles. The van der Waals surface area contributed by atoms with Crippen molar-refractivity contribution in [3.63, 3.8) is 0 Å². The number of hydrogen-bond donors (Lipinski definition) is 0. The Kier molecular flexibility index (Phi) is 4.17. The minimum atomic E-state index is 0. The zero-order valence-corrected chi connectivity index (χ0v) is 12.7. The van der Waals surface area contributed by atoms with E-state index in [9.17, 15) is 0 Å². The van der Waals surface area contributed by atoms with E-state index in [1.807, 2.05) is 72.9 Å². The van der Waals surface area contributed by atoms with Gasteiger partial charge in [0.05, 0.1) is 45.6 Å². The summed E-state index contributed by atoms with van der Waals surface area (Å²) in [7, 11) is 0. The van der Waals surface area contributed by atoms with Gasteiger partial charge in [0, 0.05) is 0 Å². The third-order valence-electron chi connectivity index (χ3n) is 3.92. The van der Waals surface area contributed by atoms with Gasteiger partial charge in [0.1, 0.15) is 0 Å². The van der Waals surface area contributed by atoms with Crippen molar-refractivity contribution >= 4 is 52.4 Å². The van der Waals surface area contributed by atoms with E-state index in [2.05, 4.69) is 20.0 Å². The number of fused-ring (bicyclic) bond motifs is 4. The van der Waals surface area contributed by atoms with Crippen molar-refractivity contribution < 1.29 is 0 Å². The van der Waals surface area contributed by atoms with E-state index in [1.54, 1.807) is 0 Å². The topological polar surface area (TPSA) is 49.4 Å². The maximum atomic E-state index is 4.59. The molecular weight excluding hydrogens is 319 g/mol. The van der Waals surface area contributed by atoms with Gasteiger partial charge in [0.15, 0.2) is 0 Å². The first kappa shape index (κ1) is 16.1. The molecule has 5 rings (SSSR count). The van der Waals surface area contributed by atoms with E-state index < -0.39 is 0 Å². The third-order valence-corrected chi connectivity index (χ3v) is 3.92. The monoisotopic (exact) mass is 332 g/mol. The zero-order chi connectivity index (χ0) is 15.9. The molecule has 5 aliphatic heterocycles. The van der Waals surface area contributed by atoms with Crippen LogP contribution in [0.2, 0.25) is 0 Å². The Bertz CT molecular complexity index is 848. The van der Waals surface area contributed by atoms with Crippen LogP contribution in [-0.2, 0) is 0 Å². The fourth-order valence-corrected chi connectivity index (χ4v) is 2.83. The van der Waals surface area contributed by atoms with Gasteiger partial charge in [-0.1, -0.05) is 0 Å². The molecule has 5 heterocycles. The summed E-state index contributed by atoms with van der Waals surface area (Å²) in [5.74, 6) is 0. The Morgan fingerprint density at radius 1 is 0.360 bits per heavy atom. The van der Waals surface area contributed by atoms with Gasteiger partial charge in [-0.05, 0) is 72.9 Å². The average Bonchev–Trinajstić information content (AvgIpc) is 3.32. The summed E-state index contributed by atoms with van der Waals surface area (Å²) in [5, 5.41) is 0. The van der Waals surface area contributed by atoms with E-state index >= 15 is 0 Å². The van der Waals surface area contributed by atoms with Gasteiger partial charge in [-0.15, -0.1) is 0 Å². The first-order chi connectivity index (χ1) is 11.8. The standard InChI is InChI=1S/C20H12N4.Na.H/c1-2-14-10-16-5-6-18(23-16)12-20-8-7-19(24-20)11-17-4-3-15(22-17)9-13(1)21-14;;/h1-12H;;. The molecule has 25 heavy (non-hydrogen) atoms. The van der Waals surface area contributed by atoms with Crippen LogP contribution < -0.4 is 0 Å². The molecule has 0 aromatic heterocycles. The predicted octanol–water partition coefficient (Wildman–Crippen LogP) is 2.93. The summed E-state index contributed by atoms with van der Waals surface area (Å²) in [5.41, 5.74) is 7.15. The Labute approximate surface area is 167 Å². The van der Waals surface area contributed by atoms with Gasteiger partial charge in [-0.25, -0.2) is 20.0 Å². The molecule has 0 N–H and O–H groups in total. The second kappa shape index (κ2) is 6.48. The van der Waals surface area contributed by atoms with Crippen molar-refractivity contribution in [3.05, 3.63) is 95.7 Å². The van der Waals surface area contributed by atoms with Crippen LogP contribution in [0, 0.1) is 0 Å². The molecule has 0 aromatic rings. The summed E-state index contributed by atoms with van der Waals surface area (Å²) < 4.78 is 0. The number of aliphatic imine (C=N–C) groups is 4. The van der Waals surface area contributed by atoms with Crippen LogP contribution in [0.4, 0.5) is 0 Å². The summed E-state index contributed by atoms with van der Waals surface area (Å²) in [4.78, 5) is 18.4. The van der Waals surface area contributed by atoms with Gasteiger partial charge in [0.25, 0.3) is 0 Å². The van der Waals surface area contributed by atoms with Gasteiger partial charge in [-0.2, -0.15) is 0 Å². The molecule has 0 saturated carbocycles. The second-order valence-electron chi connectivity index (χ2n) is 5.76. The first-order valence-corrected chi connectivity index (χ1v) is 7.74. The molecule has 0 amide bonds. The van der Waals surface area contributed by atoms with Crippen LogP contribution in [0.3, 0.4) is 0 Å². The van der Waals surface area contributed by atoms with Crippen molar-refractivity contribution in [1.29, 1.82) is 0 Å². The van der Waals surface area contributed by atoms with Crippen molar-refractivity contribution in [2.75, 3.05) is 0 Å². The molecule has 0 radical (unpaired) electrons. The average molecular weight is 332 g/mol. The van der Waals surface area contributed by atoms with Crippen LogP contribution >= 0.6 is 0 Å². The van der Waals surface area contributed by atoms with Crippen LogP contribution in [0.25, 0.3) is 0 Å². The van der Waals surface area contributed by atoms with Crippen molar-refractivity contribution in [2.24, 2.45) is 20.0 Å². The zero-order valence-electron chi connectivity index (χ0n) is 12.7. The Hall–Kier alpha value is -2.40. The molecular formula is C20H13N4Na. The molecule has 5 aliphatic rings. The minimum absolute atomic E-state index is 0. The molecule has 114 valence electrons. The fourth-order valence-electron chi connectivity index (χ4n) is 2.83. The SMILES string of the molecule is C1=CC2=NC1=CC1=NC(=CC3=NC(=CC4=NC(=C2)C=C4)C=C3)C=C1.[NaH]. The predicted molar refractivity (Wildman–Crippen MR) is 106 cm³/mol. The molecule has 0 unspecified atom stereocenters. The van der Waals surface area contributed by atoms with Gasteiger partial charge in [-0.3, -0.25) is 0 Å². The molecule has 4 nitrogen and oxygen atoms in total. The van der Waals surface area contributed by atoms with Crippen LogP contribution in [0.5, 0.6) is 0 Å². The Morgan fingerprint density at radius 2 is 0.600 bits per heavy atom. The second-order valence-corrected chi connectivity index (χ2v) is 5.76. The molecule has 8 bridgehead atoms. The van der Waals surface area contributed by atoms with Crippen molar-refractivity contribution in [2.45, 2.75) is 0 Å². The fraction of sp³-hybridized carbons (Fsp3) is 0. The van der Waals surface area contributed by atoms with Crippen molar-refractivity contribution in [3.8, 4) is 0 Å². The van der Waals surface area contributed by atoms with E-state index in [0.29, 0.717) is 0 Å². The number of hydrogen-bond acceptors (Lipinski definition) is 4. The van der Waals surface area contributed by atoms with Gasteiger partial charge >= 0.3 is 29.6 Å². The van der Waals surface area contributed by atoms with Crippen molar-refractivity contribution in [1.82, 2.24) is 0 Å². The summed E-state index contributed by atoms with van der Waals surface area (Å²) >= 11 is 0. The third kappa shape index (κ3) is 3.37. The number of nitrogens with zero attached hydrogens (tertiary/aromatic N) is 4. The van der Waals surface area contributed by atoms with Crippen LogP contribution in [0.1, 0.15) is 0 Å². The molecule has 0 spiro atoms. The number of rotatable bonds is 0. The van der Waals surface area contributed by atoms with Crippen LogP contribution in [0.15, 0.2) is 116 Å². The molecule has 0 aromatic carbocycles. The summed E-state index contributed by atoms with van der Waals surface area (Å²) in [6, 6.07) is 0. The molecule has 0 atom stereocenters. The Morgan fingerprint density at radius 3 is 0.840 bits per heavy atom. The van der Waals surface area contributed by atoms with Crippen LogP contribution in [-0.4, -0.2) is 52.4 Å².